The van der Waals surface area contributed by atoms with Crippen molar-refractivity contribution in [3.8, 4) is 23.3 Å². The molecule has 1 aliphatic carbocycles. The molecular formula is C45H59N3O7. The number of methoxy groups -OCH3 is 1. The zero-order valence-electron chi connectivity index (χ0n) is 34.6. The van der Waals surface area contributed by atoms with Gasteiger partial charge in [0.15, 0.2) is 0 Å². The number of ether oxygens (including phenoxy) is 4. The molecule has 10 nitrogen and oxygen atoms in total. The van der Waals surface area contributed by atoms with Crippen molar-refractivity contribution in [1.29, 1.82) is 10.7 Å². The van der Waals surface area contributed by atoms with E-state index in [-0.39, 0.29) is 17.4 Å². The van der Waals surface area contributed by atoms with Gasteiger partial charge in [-0.25, -0.2) is 4.79 Å². The molecule has 1 aromatic carbocycles. The zero-order valence-corrected chi connectivity index (χ0v) is 34.6. The Morgan fingerprint density at radius 1 is 1.16 bits per heavy atom. The average Bonchev–Trinajstić information content (AvgIpc) is 3.46. The van der Waals surface area contributed by atoms with E-state index in [9.17, 15) is 25.4 Å². The van der Waals surface area contributed by atoms with Crippen LogP contribution in [-0.2, 0) is 25.5 Å². The molecule has 0 bridgehead atoms. The first-order chi connectivity index (χ1) is 25.8. The molecule has 6 rings (SSSR count). The minimum absolute atomic E-state index is 0.00208. The maximum atomic E-state index is 14.5. The number of nitrogens with zero attached hydrogens (tertiary/aromatic N) is 2. The maximum Gasteiger partial charge on any atom is 0.333 e. The topological polar surface area (TPSA) is 142 Å². The molecule has 5 aliphatic rings. The van der Waals surface area contributed by atoms with Gasteiger partial charge in [0.2, 0.25) is 0 Å². The number of hydrogen-bond acceptors (Lipinski definition) is 9. The summed E-state index contributed by atoms with van der Waals surface area (Å²) in [7, 11) is 3.10. The molecule has 1 saturated heterocycles. The van der Waals surface area contributed by atoms with Crippen molar-refractivity contribution in [1.82, 2.24) is 4.90 Å². The van der Waals surface area contributed by atoms with Crippen molar-refractivity contribution in [2.24, 2.45) is 41.4 Å². The van der Waals surface area contributed by atoms with Crippen molar-refractivity contribution in [3.63, 3.8) is 0 Å². The summed E-state index contributed by atoms with van der Waals surface area (Å²) >= 11 is 0. The first-order valence-electron chi connectivity index (χ1n) is 19.8. The number of aromatic hydroxyl groups is 1. The van der Waals surface area contributed by atoms with Gasteiger partial charge in [0.1, 0.15) is 46.5 Å². The number of carbonyl (C=O) groups excluding carboxylic acids is 2. The van der Waals surface area contributed by atoms with Crippen LogP contribution in [-0.4, -0.2) is 65.2 Å². The number of phenolic OH excluding ortho intramolecular Hbond substituents is 1. The van der Waals surface area contributed by atoms with Crippen molar-refractivity contribution in [3.05, 3.63) is 51.6 Å². The Labute approximate surface area is 326 Å². The van der Waals surface area contributed by atoms with Gasteiger partial charge in [0, 0.05) is 47.4 Å². The highest BCUT2D eigenvalue weighted by molar-refractivity contribution is 6.00. The summed E-state index contributed by atoms with van der Waals surface area (Å²) < 4.78 is 26.2. The minimum Gasteiger partial charge on any atom is -0.506 e. The Morgan fingerprint density at radius 2 is 1.85 bits per heavy atom. The molecule has 9 atom stereocenters. The van der Waals surface area contributed by atoms with Gasteiger partial charge in [-0.05, 0) is 90.9 Å². The highest BCUT2D eigenvalue weighted by Gasteiger charge is 2.65. The number of nitriles is 1. The summed E-state index contributed by atoms with van der Waals surface area (Å²) in [5, 5.41) is 32.5. The molecule has 55 heavy (non-hydrogen) atoms. The normalized spacial score (nSPS) is 31.9. The average molecular weight is 754 g/mol. The summed E-state index contributed by atoms with van der Waals surface area (Å²) in [5.74, 6) is -2.26. The summed E-state index contributed by atoms with van der Waals surface area (Å²) in [5.41, 5.74) is 3.19. The van der Waals surface area contributed by atoms with Gasteiger partial charge < -0.3 is 29.0 Å². The summed E-state index contributed by atoms with van der Waals surface area (Å²) in [6.45, 7) is 20.0. The van der Waals surface area contributed by atoms with E-state index in [2.05, 4.69) is 32.9 Å². The molecule has 2 N–H and O–H groups in total. The number of Topliss-reactive ketones (excluding diaryl/α,β-unsaturated/α-hetero) is 1. The Kier molecular flexibility index (Phi) is 10.7. The number of allylic oxidation sites excluding steroid dienone is 2. The molecule has 1 saturated carbocycles. The molecule has 296 valence electrons. The molecular weight excluding hydrogens is 695 g/mol. The number of rotatable bonds is 8. The molecule has 0 radical (unpaired) electrons. The first kappa shape index (κ1) is 40.3. The predicted molar refractivity (Wildman–Crippen MR) is 212 cm³/mol. The molecule has 0 amide bonds. The highest BCUT2D eigenvalue weighted by Crippen LogP contribution is 2.64. The SMILES string of the molecule is COC(=O)C(C)=CC1OC(C)(C)C2C3Oc4c(CC=C(C)C)c5c(c(O)c4C4=C3C(C(C#N)C(=N)N4C)C2C(C)C(=O)C1C)C=CC(C)(CCCC(C)C)O5. The third kappa shape index (κ3) is 6.70. The lowest BCUT2D eigenvalue weighted by Crippen LogP contribution is -2.53. The number of benzene rings is 1. The molecule has 0 spiro atoms. The number of nitrogens with one attached hydrogen (secondary N) is 1. The number of ketones is 1. The quantitative estimate of drug-likeness (QED) is 0.152. The summed E-state index contributed by atoms with van der Waals surface area (Å²) in [6, 6.07) is 2.44. The number of hydrogen-bond donors (Lipinski definition) is 2. The molecule has 1 aromatic rings. The summed E-state index contributed by atoms with van der Waals surface area (Å²) in [4.78, 5) is 28.8. The zero-order chi connectivity index (χ0) is 40.5. The van der Waals surface area contributed by atoms with Crippen LogP contribution >= 0.6 is 0 Å². The minimum atomic E-state index is -0.950. The van der Waals surface area contributed by atoms with Crippen molar-refractivity contribution in [2.75, 3.05) is 14.2 Å². The van der Waals surface area contributed by atoms with E-state index in [0.29, 0.717) is 46.2 Å². The van der Waals surface area contributed by atoms with E-state index in [0.717, 1.165) is 36.0 Å². The van der Waals surface area contributed by atoms with E-state index >= 15 is 0 Å². The predicted octanol–water partition coefficient (Wildman–Crippen LogP) is 8.43. The van der Waals surface area contributed by atoms with Crippen LogP contribution in [0, 0.1) is 58.2 Å². The third-order valence-corrected chi connectivity index (χ3v) is 12.8. The Balaban J connectivity index is 1.60. The maximum absolute atomic E-state index is 14.5. The number of carbonyl (C=O) groups is 2. The van der Waals surface area contributed by atoms with E-state index < -0.39 is 64.9 Å². The molecule has 4 aliphatic heterocycles. The van der Waals surface area contributed by atoms with E-state index in [1.165, 1.54) is 7.11 Å². The number of amidine groups is 1. The van der Waals surface area contributed by atoms with Gasteiger partial charge in [-0.1, -0.05) is 45.8 Å². The lowest BCUT2D eigenvalue weighted by Gasteiger charge is -2.46. The molecule has 2 fully saturated rings. The Bertz CT molecular complexity index is 1960. The molecule has 9 unspecified atom stereocenters. The molecule has 10 heteroatoms. The number of esters is 1. The van der Waals surface area contributed by atoms with Crippen LogP contribution in [0.5, 0.6) is 17.2 Å². The lowest BCUT2D eigenvalue weighted by atomic mass is 9.65. The fraction of sp³-hybridized carbons (Fsp3) is 0.600. The van der Waals surface area contributed by atoms with Crippen molar-refractivity contribution < 1.29 is 33.6 Å². The second kappa shape index (κ2) is 14.6. The smallest absolute Gasteiger partial charge is 0.333 e. The van der Waals surface area contributed by atoms with Gasteiger partial charge in [0.05, 0.1) is 41.7 Å². The van der Waals surface area contributed by atoms with E-state index in [4.69, 9.17) is 18.9 Å². The van der Waals surface area contributed by atoms with Crippen LogP contribution in [0.1, 0.15) is 105 Å². The van der Waals surface area contributed by atoms with Crippen LogP contribution in [0.3, 0.4) is 0 Å². The van der Waals surface area contributed by atoms with Gasteiger partial charge in [-0.2, -0.15) is 5.26 Å². The van der Waals surface area contributed by atoms with Crippen LogP contribution in [0.25, 0.3) is 11.8 Å². The lowest BCUT2D eigenvalue weighted by molar-refractivity contribution is -0.165. The van der Waals surface area contributed by atoms with E-state index in [1.54, 1.807) is 24.9 Å². The largest absolute Gasteiger partial charge is 0.506 e. The van der Waals surface area contributed by atoms with Gasteiger partial charge in [-0.3, -0.25) is 10.2 Å². The van der Waals surface area contributed by atoms with Crippen LogP contribution in [0.15, 0.2) is 34.9 Å². The molecule has 0 aromatic heterocycles. The standard InChI is InChI=1S/C45H59N3O7/c1-22(2)14-13-18-45(10)19-17-27-38(50)34-36-33-32(29(21-46)42(47)48(36)11)31-26(7)37(49)25(6)30(20-24(5)43(51)52-12)54-44(8,9)35(31)41(33)53-40(34)28(39(27)55-45)16-15-23(3)4/h15,17,19-20,22,25-26,29-32,35,41,47,50H,13-14,16,18H2,1-12H3. The van der Waals surface area contributed by atoms with Crippen LogP contribution in [0.2, 0.25) is 0 Å². The van der Waals surface area contributed by atoms with Gasteiger partial charge in [-0.15, -0.1) is 0 Å². The fourth-order valence-electron chi connectivity index (χ4n) is 9.92. The number of phenols is 1. The Hall–Kier alpha value is -4.36. The van der Waals surface area contributed by atoms with Gasteiger partial charge in [0.25, 0.3) is 0 Å². The second-order valence-corrected chi connectivity index (χ2v) is 17.8. The van der Waals surface area contributed by atoms with Crippen LogP contribution in [0.4, 0.5) is 0 Å². The van der Waals surface area contributed by atoms with E-state index in [1.807, 2.05) is 53.7 Å². The highest BCUT2D eigenvalue weighted by atomic mass is 16.5. The Morgan fingerprint density at radius 3 is 2.47 bits per heavy atom. The van der Waals surface area contributed by atoms with Crippen LogP contribution < -0.4 is 9.47 Å². The third-order valence-electron chi connectivity index (χ3n) is 12.8. The summed E-state index contributed by atoms with van der Waals surface area (Å²) in [6.07, 6.45) is 9.76. The van der Waals surface area contributed by atoms with Gasteiger partial charge >= 0.3 is 5.97 Å². The van der Waals surface area contributed by atoms with Crippen molar-refractivity contribution in [2.45, 2.75) is 118 Å². The first-order valence-corrected chi connectivity index (χ1v) is 19.8. The fourth-order valence-corrected chi connectivity index (χ4v) is 9.92. The second-order valence-electron chi connectivity index (χ2n) is 17.8. The monoisotopic (exact) mass is 753 g/mol. The van der Waals surface area contributed by atoms with Crippen molar-refractivity contribution >= 4 is 29.4 Å². The molecule has 4 heterocycles. The number of fused-ring (bicyclic) bond motifs is 6.